The Morgan fingerprint density at radius 1 is 1.38 bits per heavy atom. The molecule has 0 atom stereocenters. The maximum absolute atomic E-state index is 8.50. The number of aromatic nitrogens is 2. The van der Waals surface area contributed by atoms with Crippen LogP contribution in [0.4, 0.5) is 0 Å². The van der Waals surface area contributed by atoms with Crippen LogP contribution in [0.3, 0.4) is 0 Å². The largest absolute Gasteiger partial charge is 0.241 e. The summed E-state index contributed by atoms with van der Waals surface area (Å²) in [6.07, 6.45) is 1.61. The smallest absolute Gasteiger partial charge is 0.144 e. The Morgan fingerprint density at radius 2 is 2.00 bits per heavy atom. The molecule has 0 N–H and O–H groups in total. The molecule has 3 nitrogen and oxygen atoms in total. The van der Waals surface area contributed by atoms with Crippen molar-refractivity contribution in [3.63, 3.8) is 0 Å². The van der Waals surface area contributed by atoms with E-state index >= 15 is 0 Å². The second-order valence-electron chi connectivity index (χ2n) is 2.57. The highest BCUT2D eigenvalue weighted by molar-refractivity contribution is 5.18. The fourth-order valence-electron chi connectivity index (χ4n) is 0.714. The molecule has 0 aliphatic rings. The molecular formula is C10H15N3. The van der Waals surface area contributed by atoms with Gasteiger partial charge in [0, 0.05) is 12.1 Å². The quantitative estimate of drug-likeness (QED) is 0.662. The number of rotatable bonds is 1. The van der Waals surface area contributed by atoms with Crippen LogP contribution in [-0.4, -0.2) is 9.97 Å². The van der Waals surface area contributed by atoms with E-state index in [9.17, 15) is 0 Å². The molecule has 1 rings (SSSR count). The summed E-state index contributed by atoms with van der Waals surface area (Å²) < 4.78 is 0. The van der Waals surface area contributed by atoms with Gasteiger partial charge < -0.3 is 0 Å². The van der Waals surface area contributed by atoms with Crippen molar-refractivity contribution in [2.75, 3.05) is 0 Å². The van der Waals surface area contributed by atoms with Crippen molar-refractivity contribution in [1.29, 1.82) is 5.26 Å². The van der Waals surface area contributed by atoms with Gasteiger partial charge in [0.1, 0.15) is 17.6 Å². The van der Waals surface area contributed by atoms with Gasteiger partial charge in [-0.1, -0.05) is 27.7 Å². The van der Waals surface area contributed by atoms with E-state index in [0.717, 1.165) is 5.82 Å². The van der Waals surface area contributed by atoms with Gasteiger partial charge in [-0.05, 0) is 6.07 Å². The molecule has 0 saturated carbocycles. The number of hydrogen-bond donors (Lipinski definition) is 0. The van der Waals surface area contributed by atoms with E-state index in [4.69, 9.17) is 5.26 Å². The summed E-state index contributed by atoms with van der Waals surface area (Å²) in [5, 5.41) is 8.50. The molecule has 0 amide bonds. The molecule has 1 aromatic heterocycles. The predicted octanol–water partition coefficient (Wildman–Crippen LogP) is 2.50. The van der Waals surface area contributed by atoms with Gasteiger partial charge in [-0.2, -0.15) is 5.26 Å². The third kappa shape index (κ3) is 3.66. The number of hydrogen-bond acceptors (Lipinski definition) is 3. The summed E-state index contributed by atoms with van der Waals surface area (Å²) in [7, 11) is 0. The summed E-state index contributed by atoms with van der Waals surface area (Å²) in [6.45, 7) is 7.99. The maximum Gasteiger partial charge on any atom is 0.144 e. The molecule has 0 spiro atoms. The minimum Gasteiger partial charge on any atom is -0.241 e. The summed E-state index contributed by atoms with van der Waals surface area (Å²) in [6, 6.07) is 3.57. The van der Waals surface area contributed by atoms with Crippen LogP contribution in [0, 0.1) is 11.3 Å². The van der Waals surface area contributed by atoms with Crippen molar-refractivity contribution in [1.82, 2.24) is 9.97 Å². The molecular weight excluding hydrogens is 162 g/mol. The Hall–Kier alpha value is -1.43. The van der Waals surface area contributed by atoms with Crippen LogP contribution in [0.15, 0.2) is 12.3 Å². The van der Waals surface area contributed by atoms with Crippen LogP contribution in [0.25, 0.3) is 0 Å². The zero-order chi connectivity index (χ0) is 10.3. The van der Waals surface area contributed by atoms with Crippen molar-refractivity contribution >= 4 is 0 Å². The first-order valence-electron chi connectivity index (χ1n) is 4.47. The fraction of sp³-hybridized carbons (Fsp3) is 0.500. The van der Waals surface area contributed by atoms with Crippen molar-refractivity contribution in [2.45, 2.75) is 33.6 Å². The Kier molecular flexibility index (Phi) is 5.45. The van der Waals surface area contributed by atoms with Gasteiger partial charge in [0.05, 0.1) is 0 Å². The van der Waals surface area contributed by atoms with Crippen LogP contribution in [0.1, 0.15) is 45.1 Å². The van der Waals surface area contributed by atoms with Crippen molar-refractivity contribution in [3.05, 3.63) is 23.8 Å². The Bertz CT molecular complexity index is 286. The fourth-order valence-corrected chi connectivity index (χ4v) is 0.714. The molecule has 13 heavy (non-hydrogen) atoms. The van der Waals surface area contributed by atoms with Crippen LogP contribution in [0.5, 0.6) is 0 Å². The van der Waals surface area contributed by atoms with Crippen molar-refractivity contribution in [2.24, 2.45) is 0 Å². The van der Waals surface area contributed by atoms with Gasteiger partial charge >= 0.3 is 0 Å². The molecule has 1 aromatic rings. The van der Waals surface area contributed by atoms with Crippen LogP contribution in [0.2, 0.25) is 0 Å². The van der Waals surface area contributed by atoms with E-state index in [-0.39, 0.29) is 5.92 Å². The minimum atomic E-state index is 0.281. The minimum absolute atomic E-state index is 0.281. The van der Waals surface area contributed by atoms with Gasteiger partial charge in [-0.25, -0.2) is 9.97 Å². The lowest BCUT2D eigenvalue weighted by atomic mass is 10.2. The summed E-state index contributed by atoms with van der Waals surface area (Å²) >= 11 is 0. The first kappa shape index (κ1) is 11.6. The summed E-state index contributed by atoms with van der Waals surface area (Å²) in [4.78, 5) is 8.04. The third-order valence-corrected chi connectivity index (χ3v) is 1.31. The van der Waals surface area contributed by atoms with E-state index in [0.29, 0.717) is 5.69 Å². The van der Waals surface area contributed by atoms with Crippen molar-refractivity contribution in [3.8, 4) is 6.07 Å². The monoisotopic (exact) mass is 177 g/mol. The molecule has 1 heterocycles. The number of nitrogens with zero attached hydrogens (tertiary/aromatic N) is 3. The molecule has 0 aliphatic heterocycles. The predicted molar refractivity (Wildman–Crippen MR) is 52.2 cm³/mol. The second-order valence-corrected chi connectivity index (χ2v) is 2.57. The zero-order valence-electron chi connectivity index (χ0n) is 8.57. The molecule has 0 aliphatic carbocycles. The average Bonchev–Trinajstić information content (AvgIpc) is 2.21. The summed E-state index contributed by atoms with van der Waals surface area (Å²) in [5.74, 6) is 1.01. The molecule has 70 valence electrons. The SMILES string of the molecule is CC.CC(C)c1nccc(C#N)n1. The lowest BCUT2D eigenvalue weighted by molar-refractivity contribution is 0.771. The lowest BCUT2D eigenvalue weighted by Gasteiger charge is -2.00. The highest BCUT2D eigenvalue weighted by Crippen LogP contribution is 2.07. The van der Waals surface area contributed by atoms with Crippen LogP contribution >= 0.6 is 0 Å². The average molecular weight is 177 g/mol. The molecule has 0 aromatic carbocycles. The van der Waals surface area contributed by atoms with Gasteiger partial charge in [0.2, 0.25) is 0 Å². The Morgan fingerprint density at radius 3 is 2.46 bits per heavy atom. The number of nitriles is 1. The van der Waals surface area contributed by atoms with Crippen LogP contribution < -0.4 is 0 Å². The molecule has 3 heteroatoms. The zero-order valence-corrected chi connectivity index (χ0v) is 8.57. The standard InChI is InChI=1S/C8H9N3.C2H6/c1-6(2)8-10-4-3-7(5-9)11-8;1-2/h3-4,6H,1-2H3;1-2H3. The first-order chi connectivity index (χ1) is 6.24. The van der Waals surface area contributed by atoms with E-state index in [1.54, 1.807) is 12.3 Å². The lowest BCUT2D eigenvalue weighted by Crippen LogP contribution is -1.97. The van der Waals surface area contributed by atoms with E-state index in [2.05, 4.69) is 9.97 Å². The molecule has 0 fully saturated rings. The van der Waals surface area contributed by atoms with Gasteiger partial charge in [-0.15, -0.1) is 0 Å². The van der Waals surface area contributed by atoms with Crippen LogP contribution in [-0.2, 0) is 0 Å². The molecule has 0 unspecified atom stereocenters. The first-order valence-corrected chi connectivity index (χ1v) is 4.47. The van der Waals surface area contributed by atoms with E-state index in [1.165, 1.54) is 0 Å². The Balaban J connectivity index is 0.000000671. The maximum atomic E-state index is 8.50. The van der Waals surface area contributed by atoms with Gasteiger partial charge in [0.25, 0.3) is 0 Å². The Labute approximate surface area is 79.5 Å². The second kappa shape index (κ2) is 6.13. The molecule has 0 saturated heterocycles. The van der Waals surface area contributed by atoms with E-state index < -0.39 is 0 Å². The highest BCUT2D eigenvalue weighted by atomic mass is 14.9. The molecule has 0 bridgehead atoms. The third-order valence-electron chi connectivity index (χ3n) is 1.31. The van der Waals surface area contributed by atoms with Crippen molar-refractivity contribution < 1.29 is 0 Å². The van der Waals surface area contributed by atoms with Gasteiger partial charge in [0.15, 0.2) is 0 Å². The van der Waals surface area contributed by atoms with E-state index in [1.807, 2.05) is 33.8 Å². The topological polar surface area (TPSA) is 49.6 Å². The highest BCUT2D eigenvalue weighted by Gasteiger charge is 2.01. The summed E-state index contributed by atoms with van der Waals surface area (Å²) in [5.41, 5.74) is 0.434. The normalized spacial score (nSPS) is 8.62. The van der Waals surface area contributed by atoms with Gasteiger partial charge in [-0.3, -0.25) is 0 Å². The molecule has 0 radical (unpaired) electrons.